The highest BCUT2D eigenvalue weighted by molar-refractivity contribution is 6.31. The normalized spacial score (nSPS) is 24.9. The molecule has 0 fully saturated rings. The van der Waals surface area contributed by atoms with Crippen LogP contribution in [0.2, 0.25) is 0 Å². The lowest BCUT2D eigenvalue weighted by atomic mass is 9.93. The average Bonchev–Trinajstić information content (AvgIpc) is 1.92. The Morgan fingerprint density at radius 3 is 2.50 bits per heavy atom. The highest BCUT2D eigenvalue weighted by atomic mass is 35.5. The predicted molar refractivity (Wildman–Crippen MR) is 41.9 cm³/mol. The van der Waals surface area contributed by atoms with Crippen LogP contribution in [-0.4, -0.2) is 6.18 Å². The van der Waals surface area contributed by atoms with Gasteiger partial charge in [0.15, 0.2) is 0 Å². The van der Waals surface area contributed by atoms with E-state index in [0.29, 0.717) is 6.42 Å². The Hall–Kier alpha value is -0.440. The molecule has 12 heavy (non-hydrogen) atoms. The van der Waals surface area contributed by atoms with Crippen molar-refractivity contribution in [1.29, 1.82) is 0 Å². The van der Waals surface area contributed by atoms with E-state index in [1.807, 2.05) is 0 Å². The zero-order chi connectivity index (χ0) is 9.35. The van der Waals surface area contributed by atoms with Crippen molar-refractivity contribution in [2.75, 3.05) is 0 Å². The van der Waals surface area contributed by atoms with Crippen LogP contribution < -0.4 is 0 Å². The van der Waals surface area contributed by atoms with Gasteiger partial charge in [-0.15, -0.1) is 0 Å². The quantitative estimate of drug-likeness (QED) is 0.555. The predicted octanol–water partition coefficient (Wildman–Crippen LogP) is 3.64. The van der Waals surface area contributed by atoms with Crippen LogP contribution in [0.3, 0.4) is 0 Å². The first-order valence-corrected chi connectivity index (χ1v) is 3.93. The molecule has 0 N–H and O–H groups in total. The molecular formula is C8H8ClF3. The molecule has 0 aromatic heterocycles. The van der Waals surface area contributed by atoms with Crippen molar-refractivity contribution >= 4 is 11.6 Å². The van der Waals surface area contributed by atoms with E-state index >= 15 is 0 Å². The second-order valence-electron chi connectivity index (χ2n) is 2.82. The Kier molecular flexibility index (Phi) is 2.52. The van der Waals surface area contributed by atoms with E-state index < -0.39 is 17.7 Å². The van der Waals surface area contributed by atoms with E-state index in [1.165, 1.54) is 0 Å². The molecule has 0 saturated heterocycles. The molecule has 0 aromatic carbocycles. The molecule has 0 heterocycles. The van der Waals surface area contributed by atoms with Gasteiger partial charge in [-0.3, -0.25) is 0 Å². The number of hydrogen-bond donors (Lipinski definition) is 0. The molecule has 0 spiro atoms. The number of hydrogen-bond acceptors (Lipinski definition) is 0. The SMILES string of the molecule is CC1CC=C(Cl)C=C1C(F)(F)F. The summed E-state index contributed by atoms with van der Waals surface area (Å²) >= 11 is 5.47. The molecule has 0 aromatic rings. The summed E-state index contributed by atoms with van der Waals surface area (Å²) in [4.78, 5) is 0. The Balaban J connectivity index is 2.94. The Bertz CT molecular complexity index is 237. The van der Waals surface area contributed by atoms with E-state index in [4.69, 9.17) is 11.6 Å². The topological polar surface area (TPSA) is 0 Å². The highest BCUT2D eigenvalue weighted by Crippen LogP contribution is 2.37. The zero-order valence-corrected chi connectivity index (χ0v) is 7.21. The molecule has 0 saturated carbocycles. The molecule has 1 rings (SSSR count). The monoisotopic (exact) mass is 196 g/mol. The van der Waals surface area contributed by atoms with E-state index in [9.17, 15) is 13.2 Å². The van der Waals surface area contributed by atoms with Crippen molar-refractivity contribution in [2.45, 2.75) is 19.5 Å². The van der Waals surface area contributed by atoms with E-state index in [-0.39, 0.29) is 5.03 Å². The van der Waals surface area contributed by atoms with Gasteiger partial charge in [-0.05, 0) is 18.4 Å². The van der Waals surface area contributed by atoms with Crippen LogP contribution in [0, 0.1) is 5.92 Å². The van der Waals surface area contributed by atoms with Crippen LogP contribution in [0.15, 0.2) is 22.8 Å². The van der Waals surface area contributed by atoms with Crippen molar-refractivity contribution < 1.29 is 13.2 Å². The van der Waals surface area contributed by atoms with Gasteiger partial charge < -0.3 is 0 Å². The number of allylic oxidation sites excluding steroid dienone is 4. The number of rotatable bonds is 0. The summed E-state index contributed by atoms with van der Waals surface area (Å²) in [5.41, 5.74) is -0.532. The minimum atomic E-state index is -4.24. The van der Waals surface area contributed by atoms with E-state index in [0.717, 1.165) is 6.08 Å². The van der Waals surface area contributed by atoms with Crippen LogP contribution >= 0.6 is 11.6 Å². The highest BCUT2D eigenvalue weighted by Gasteiger charge is 2.37. The van der Waals surface area contributed by atoms with Crippen LogP contribution in [0.1, 0.15) is 13.3 Å². The van der Waals surface area contributed by atoms with Gasteiger partial charge in [-0.25, -0.2) is 0 Å². The van der Waals surface area contributed by atoms with Gasteiger partial charge in [-0.2, -0.15) is 13.2 Å². The van der Waals surface area contributed by atoms with E-state index in [1.54, 1.807) is 13.0 Å². The maximum Gasteiger partial charge on any atom is 0.413 e. The van der Waals surface area contributed by atoms with Gasteiger partial charge in [0, 0.05) is 10.6 Å². The molecule has 0 amide bonds. The Morgan fingerprint density at radius 1 is 1.50 bits per heavy atom. The van der Waals surface area contributed by atoms with Crippen molar-refractivity contribution in [2.24, 2.45) is 5.92 Å². The third kappa shape index (κ3) is 2.03. The summed E-state index contributed by atoms with van der Waals surface area (Å²) < 4.78 is 36.6. The van der Waals surface area contributed by atoms with Gasteiger partial charge in [0.25, 0.3) is 0 Å². The molecule has 4 heteroatoms. The fourth-order valence-electron chi connectivity index (χ4n) is 1.13. The summed E-state index contributed by atoms with van der Waals surface area (Å²) in [6.45, 7) is 1.54. The van der Waals surface area contributed by atoms with Crippen LogP contribution in [0.25, 0.3) is 0 Å². The van der Waals surface area contributed by atoms with Crippen molar-refractivity contribution in [1.82, 2.24) is 0 Å². The minimum absolute atomic E-state index is 0.181. The summed E-state index contributed by atoms with van der Waals surface area (Å²) in [6.07, 6.45) is -1.28. The maximum atomic E-state index is 12.2. The summed E-state index contributed by atoms with van der Waals surface area (Å²) in [5, 5.41) is 0.181. The fraction of sp³-hybridized carbons (Fsp3) is 0.500. The summed E-state index contributed by atoms with van der Waals surface area (Å²) in [6, 6.07) is 0. The lowest BCUT2D eigenvalue weighted by Crippen LogP contribution is -2.19. The van der Waals surface area contributed by atoms with Gasteiger partial charge >= 0.3 is 6.18 Å². The third-order valence-corrected chi connectivity index (χ3v) is 2.08. The standard InChI is InChI=1S/C8H8ClF3/c1-5-2-3-6(9)4-7(5)8(10,11)12/h3-5H,2H2,1H3. The van der Waals surface area contributed by atoms with Crippen molar-refractivity contribution in [3.8, 4) is 0 Å². The molecule has 68 valence electrons. The minimum Gasteiger partial charge on any atom is -0.166 e. The first-order chi connectivity index (χ1) is 5.41. The first kappa shape index (κ1) is 9.65. The zero-order valence-electron chi connectivity index (χ0n) is 6.45. The molecule has 0 bridgehead atoms. The van der Waals surface area contributed by atoms with Crippen molar-refractivity contribution in [3.63, 3.8) is 0 Å². The fourth-order valence-corrected chi connectivity index (χ4v) is 1.33. The lowest BCUT2D eigenvalue weighted by molar-refractivity contribution is -0.0984. The molecule has 1 atom stereocenters. The first-order valence-electron chi connectivity index (χ1n) is 3.55. The van der Waals surface area contributed by atoms with Crippen LogP contribution in [0.4, 0.5) is 13.2 Å². The Morgan fingerprint density at radius 2 is 2.08 bits per heavy atom. The molecule has 0 nitrogen and oxygen atoms in total. The smallest absolute Gasteiger partial charge is 0.166 e. The molecule has 1 aliphatic rings. The van der Waals surface area contributed by atoms with Gasteiger partial charge in [0.2, 0.25) is 0 Å². The van der Waals surface area contributed by atoms with Crippen molar-refractivity contribution in [3.05, 3.63) is 22.8 Å². The van der Waals surface area contributed by atoms with E-state index in [2.05, 4.69) is 0 Å². The second kappa shape index (κ2) is 3.13. The van der Waals surface area contributed by atoms with Crippen LogP contribution in [0.5, 0.6) is 0 Å². The average molecular weight is 197 g/mol. The van der Waals surface area contributed by atoms with Gasteiger partial charge in [0.1, 0.15) is 0 Å². The summed E-state index contributed by atoms with van der Waals surface area (Å²) in [7, 11) is 0. The third-order valence-electron chi connectivity index (χ3n) is 1.82. The molecule has 0 aliphatic heterocycles. The summed E-state index contributed by atoms with van der Waals surface area (Å²) in [5.74, 6) is -0.479. The second-order valence-corrected chi connectivity index (χ2v) is 3.26. The molecular weight excluding hydrogens is 189 g/mol. The number of halogens is 4. The number of alkyl halides is 3. The Labute approximate surface area is 73.7 Å². The van der Waals surface area contributed by atoms with Gasteiger partial charge in [0.05, 0.1) is 0 Å². The van der Waals surface area contributed by atoms with Crippen LogP contribution in [-0.2, 0) is 0 Å². The lowest BCUT2D eigenvalue weighted by Gasteiger charge is -2.20. The maximum absolute atomic E-state index is 12.2. The van der Waals surface area contributed by atoms with Gasteiger partial charge in [-0.1, -0.05) is 24.6 Å². The molecule has 1 unspecified atom stereocenters. The molecule has 0 radical (unpaired) electrons. The largest absolute Gasteiger partial charge is 0.413 e. The molecule has 1 aliphatic carbocycles.